The zero-order valence-corrected chi connectivity index (χ0v) is 21.7. The summed E-state index contributed by atoms with van der Waals surface area (Å²) in [5.41, 5.74) is 2.98. The normalized spacial score (nSPS) is 15.0. The smallest absolute Gasteiger partial charge is 0.335 e. The summed E-state index contributed by atoms with van der Waals surface area (Å²) < 4.78 is 2.12. The first kappa shape index (κ1) is 24.9. The first-order chi connectivity index (χ1) is 18.0. The molecule has 0 bridgehead atoms. The van der Waals surface area contributed by atoms with Crippen LogP contribution in [0.1, 0.15) is 18.1 Å². The van der Waals surface area contributed by atoms with Gasteiger partial charge in [0.05, 0.1) is 5.69 Å². The van der Waals surface area contributed by atoms with Gasteiger partial charge in [0.1, 0.15) is 5.57 Å². The highest BCUT2D eigenvalue weighted by Gasteiger charge is 2.37. The van der Waals surface area contributed by atoms with Crippen molar-refractivity contribution in [1.82, 2.24) is 9.88 Å². The molecule has 1 N–H and O–H groups in total. The van der Waals surface area contributed by atoms with E-state index in [0.29, 0.717) is 17.1 Å². The molecule has 0 atom stereocenters. The number of nitrogens with one attached hydrogen (secondary N) is 1. The summed E-state index contributed by atoms with van der Waals surface area (Å²) in [5.74, 6) is -0.508. The average Bonchev–Trinajstić information content (AvgIpc) is 3.25. The van der Waals surface area contributed by atoms with Gasteiger partial charge in [0.2, 0.25) is 0 Å². The summed E-state index contributed by atoms with van der Waals surface area (Å²) in [6, 6.07) is 22.1. The van der Waals surface area contributed by atoms with Gasteiger partial charge < -0.3 is 4.57 Å². The number of hydrogen-bond acceptors (Lipinski definition) is 4. The molecule has 1 aliphatic heterocycles. The molecule has 0 spiro atoms. The van der Waals surface area contributed by atoms with E-state index in [1.165, 1.54) is 0 Å². The number of urea groups is 1. The Morgan fingerprint density at radius 1 is 0.946 bits per heavy atom. The van der Waals surface area contributed by atoms with Gasteiger partial charge >= 0.3 is 6.03 Å². The fraction of sp³-hybridized carbons (Fsp3) is 0.138. The quantitative estimate of drug-likeness (QED) is 0.173. The first-order valence-corrected chi connectivity index (χ1v) is 13.3. The highest BCUT2D eigenvalue weighted by atomic mass is 35.5. The number of para-hydroxylation sites is 2. The molecular weight excluding hydrogens is 506 g/mol. The molecule has 1 saturated heterocycles. The molecule has 37 heavy (non-hydrogen) atoms. The molecule has 6 nitrogen and oxygen atoms in total. The molecule has 186 valence electrons. The molecule has 0 aliphatic carbocycles. The van der Waals surface area contributed by atoms with Gasteiger partial charge in [0.15, 0.2) is 0 Å². The molecule has 5 rings (SSSR count). The van der Waals surface area contributed by atoms with E-state index in [2.05, 4.69) is 9.88 Å². The number of carbonyl (C=O) groups excluding carboxylic acids is 3. The van der Waals surface area contributed by atoms with Crippen molar-refractivity contribution in [3.05, 3.63) is 101 Å². The van der Waals surface area contributed by atoms with E-state index in [1.807, 2.05) is 73.8 Å². The van der Waals surface area contributed by atoms with Crippen LogP contribution < -0.4 is 10.2 Å². The lowest BCUT2D eigenvalue weighted by atomic mass is 10.0. The lowest BCUT2D eigenvalue weighted by Gasteiger charge is -2.27. The standard InChI is InChI=1S/C29H24ClN3O3S/c1-2-19-7-3-5-9-25(19)33-28(35)24(27(34)31-29(33)36)17-20-18-32(26-10-6-4-8-23(20)26)15-16-37-22-13-11-21(30)12-14-22/h3-14,17-18H,2,15-16H2,1H3,(H,31,34,36)/b24-17+. The number of imide groups is 2. The van der Waals surface area contributed by atoms with Gasteiger partial charge in [-0.25, -0.2) is 9.69 Å². The maximum atomic E-state index is 13.5. The van der Waals surface area contributed by atoms with E-state index in [0.717, 1.165) is 44.1 Å². The number of anilines is 1. The Morgan fingerprint density at radius 2 is 1.68 bits per heavy atom. The summed E-state index contributed by atoms with van der Waals surface area (Å²) in [4.78, 5) is 41.1. The van der Waals surface area contributed by atoms with Crippen LogP contribution in [0.5, 0.6) is 0 Å². The molecule has 0 radical (unpaired) electrons. The van der Waals surface area contributed by atoms with Crippen LogP contribution in [-0.4, -0.2) is 28.2 Å². The number of hydrogen-bond donors (Lipinski definition) is 1. The Labute approximate surface area is 223 Å². The molecule has 2 heterocycles. The van der Waals surface area contributed by atoms with E-state index >= 15 is 0 Å². The van der Waals surface area contributed by atoms with E-state index in [9.17, 15) is 14.4 Å². The summed E-state index contributed by atoms with van der Waals surface area (Å²) >= 11 is 7.71. The third-order valence-electron chi connectivity index (χ3n) is 6.25. The molecule has 8 heteroatoms. The van der Waals surface area contributed by atoms with Crippen LogP contribution in [0.3, 0.4) is 0 Å². The van der Waals surface area contributed by atoms with Gasteiger partial charge in [0, 0.05) is 44.9 Å². The van der Waals surface area contributed by atoms with Crippen molar-refractivity contribution in [2.24, 2.45) is 0 Å². The summed E-state index contributed by atoms with van der Waals surface area (Å²) in [6.45, 7) is 2.68. The lowest BCUT2D eigenvalue weighted by molar-refractivity contribution is -0.122. The SMILES string of the molecule is CCc1ccccc1N1C(=O)NC(=O)/C(=C\c2cn(CCSc3ccc(Cl)cc3)c3ccccc23)C1=O. The molecule has 1 aromatic heterocycles. The van der Waals surface area contributed by atoms with Crippen molar-refractivity contribution >= 4 is 63.9 Å². The Bertz CT molecular complexity index is 1540. The summed E-state index contributed by atoms with van der Waals surface area (Å²) in [5, 5.41) is 3.96. The minimum absolute atomic E-state index is 0.0797. The molecule has 0 saturated carbocycles. The predicted octanol–water partition coefficient (Wildman–Crippen LogP) is 6.32. The molecule has 0 unspecified atom stereocenters. The number of amides is 4. The zero-order valence-electron chi connectivity index (χ0n) is 20.1. The molecule has 3 aromatic carbocycles. The Balaban J connectivity index is 1.46. The zero-order chi connectivity index (χ0) is 25.9. The molecular formula is C29H24ClN3O3S. The van der Waals surface area contributed by atoms with Gasteiger partial charge in [-0.05, 0) is 54.5 Å². The minimum Gasteiger partial charge on any atom is -0.346 e. The minimum atomic E-state index is -0.741. The number of halogens is 1. The van der Waals surface area contributed by atoms with Crippen LogP contribution >= 0.6 is 23.4 Å². The van der Waals surface area contributed by atoms with E-state index in [1.54, 1.807) is 30.0 Å². The van der Waals surface area contributed by atoms with Gasteiger partial charge in [-0.15, -0.1) is 11.8 Å². The number of carbonyl (C=O) groups is 3. The monoisotopic (exact) mass is 529 g/mol. The molecule has 1 aliphatic rings. The number of fused-ring (bicyclic) bond motifs is 1. The Morgan fingerprint density at radius 3 is 2.46 bits per heavy atom. The fourth-order valence-electron chi connectivity index (χ4n) is 4.43. The molecule has 1 fully saturated rings. The van der Waals surface area contributed by atoms with Gasteiger partial charge in [0.25, 0.3) is 11.8 Å². The second kappa shape index (κ2) is 10.7. The first-order valence-electron chi connectivity index (χ1n) is 11.9. The third kappa shape index (κ3) is 5.05. The maximum absolute atomic E-state index is 13.5. The van der Waals surface area contributed by atoms with Crippen LogP contribution in [0.15, 0.2) is 89.5 Å². The largest absolute Gasteiger partial charge is 0.346 e. The number of rotatable bonds is 7. The van der Waals surface area contributed by atoms with Crippen LogP contribution in [0.4, 0.5) is 10.5 Å². The fourth-order valence-corrected chi connectivity index (χ4v) is 5.41. The van der Waals surface area contributed by atoms with E-state index < -0.39 is 17.8 Å². The average molecular weight is 530 g/mol. The predicted molar refractivity (Wildman–Crippen MR) is 149 cm³/mol. The summed E-state index contributed by atoms with van der Waals surface area (Å²) in [6.07, 6.45) is 4.17. The second-order valence-corrected chi connectivity index (χ2v) is 10.1. The van der Waals surface area contributed by atoms with Crippen LogP contribution in [0.25, 0.3) is 17.0 Å². The van der Waals surface area contributed by atoms with Crippen molar-refractivity contribution in [3.63, 3.8) is 0 Å². The number of aromatic nitrogens is 1. The Kier molecular flexibility index (Phi) is 7.17. The van der Waals surface area contributed by atoms with Gasteiger partial charge in [-0.2, -0.15) is 0 Å². The maximum Gasteiger partial charge on any atom is 0.335 e. The number of benzene rings is 3. The highest BCUT2D eigenvalue weighted by Crippen LogP contribution is 2.29. The number of thioether (sulfide) groups is 1. The van der Waals surface area contributed by atoms with Crippen LogP contribution in [-0.2, 0) is 22.6 Å². The lowest BCUT2D eigenvalue weighted by Crippen LogP contribution is -2.54. The topological polar surface area (TPSA) is 71.4 Å². The third-order valence-corrected chi connectivity index (χ3v) is 7.49. The molecule has 4 aromatic rings. The summed E-state index contributed by atoms with van der Waals surface area (Å²) in [7, 11) is 0. The van der Waals surface area contributed by atoms with Crippen molar-refractivity contribution in [3.8, 4) is 0 Å². The van der Waals surface area contributed by atoms with Crippen molar-refractivity contribution < 1.29 is 14.4 Å². The second-order valence-electron chi connectivity index (χ2n) is 8.54. The number of nitrogens with zero attached hydrogens (tertiary/aromatic N) is 2. The highest BCUT2D eigenvalue weighted by molar-refractivity contribution is 7.99. The van der Waals surface area contributed by atoms with Crippen molar-refractivity contribution in [2.75, 3.05) is 10.7 Å². The van der Waals surface area contributed by atoms with Crippen LogP contribution in [0, 0.1) is 0 Å². The number of aryl methyl sites for hydroxylation is 2. The van der Waals surface area contributed by atoms with Crippen LogP contribution in [0.2, 0.25) is 5.02 Å². The van der Waals surface area contributed by atoms with Crippen molar-refractivity contribution in [1.29, 1.82) is 0 Å². The Hall–Kier alpha value is -3.81. The van der Waals surface area contributed by atoms with E-state index in [4.69, 9.17) is 11.6 Å². The van der Waals surface area contributed by atoms with Gasteiger partial charge in [-0.3, -0.25) is 14.9 Å². The molecule has 4 amide bonds. The van der Waals surface area contributed by atoms with Gasteiger partial charge in [-0.1, -0.05) is 54.9 Å². The number of barbiturate groups is 1. The van der Waals surface area contributed by atoms with Crippen molar-refractivity contribution in [2.45, 2.75) is 24.8 Å². The van der Waals surface area contributed by atoms with E-state index in [-0.39, 0.29) is 5.57 Å².